The van der Waals surface area contributed by atoms with Gasteiger partial charge in [-0.2, -0.15) is 0 Å². The molecule has 0 aliphatic rings. The standard InChI is InChI=1S/C24H18O3/c25-21-14-6-4-11-18(21)19-13-8-16-23(27-17-9-2-1-3-10-17)24(19)20-12-5-7-15-22(20)26/h1-16,25-26H. The van der Waals surface area contributed by atoms with Crippen molar-refractivity contribution in [3.63, 3.8) is 0 Å². The molecular weight excluding hydrogens is 336 g/mol. The maximum absolute atomic E-state index is 10.5. The molecule has 0 bridgehead atoms. The van der Waals surface area contributed by atoms with E-state index in [-0.39, 0.29) is 11.5 Å². The SMILES string of the molecule is Oc1ccccc1-c1cccc(Oc2ccccc2)c1-c1ccccc1O. The summed E-state index contributed by atoms with van der Waals surface area (Å²) in [6.07, 6.45) is 0. The maximum atomic E-state index is 10.5. The molecule has 4 rings (SSSR count). The largest absolute Gasteiger partial charge is 0.507 e. The minimum Gasteiger partial charge on any atom is -0.507 e. The highest BCUT2D eigenvalue weighted by atomic mass is 16.5. The van der Waals surface area contributed by atoms with Gasteiger partial charge in [0.05, 0.1) is 0 Å². The van der Waals surface area contributed by atoms with Crippen LogP contribution < -0.4 is 4.74 Å². The van der Waals surface area contributed by atoms with Crippen molar-refractivity contribution in [2.75, 3.05) is 0 Å². The lowest BCUT2D eigenvalue weighted by molar-refractivity contribution is 0.472. The number of hydrogen-bond donors (Lipinski definition) is 2. The molecule has 3 heteroatoms. The van der Waals surface area contributed by atoms with E-state index in [2.05, 4.69) is 0 Å². The number of rotatable bonds is 4. The van der Waals surface area contributed by atoms with Gasteiger partial charge in [0.1, 0.15) is 23.0 Å². The van der Waals surface area contributed by atoms with Gasteiger partial charge >= 0.3 is 0 Å². The molecule has 0 saturated heterocycles. The molecule has 0 unspecified atom stereocenters. The first-order chi connectivity index (χ1) is 13.2. The van der Waals surface area contributed by atoms with Gasteiger partial charge in [-0.1, -0.05) is 66.7 Å². The monoisotopic (exact) mass is 354 g/mol. The van der Waals surface area contributed by atoms with E-state index >= 15 is 0 Å². The maximum Gasteiger partial charge on any atom is 0.136 e. The topological polar surface area (TPSA) is 49.7 Å². The van der Waals surface area contributed by atoms with Crippen molar-refractivity contribution >= 4 is 0 Å². The van der Waals surface area contributed by atoms with Crippen molar-refractivity contribution in [3.8, 4) is 45.3 Å². The van der Waals surface area contributed by atoms with E-state index in [0.717, 1.165) is 11.1 Å². The zero-order valence-corrected chi connectivity index (χ0v) is 14.5. The Bertz CT molecular complexity index is 1070. The van der Waals surface area contributed by atoms with Crippen LogP contribution in [-0.4, -0.2) is 10.2 Å². The second-order valence-corrected chi connectivity index (χ2v) is 6.13. The molecule has 27 heavy (non-hydrogen) atoms. The first kappa shape index (κ1) is 16.7. The number of ether oxygens (including phenoxy) is 1. The van der Waals surface area contributed by atoms with Crippen LogP contribution in [0.5, 0.6) is 23.0 Å². The van der Waals surface area contributed by atoms with Crippen LogP contribution in [0.15, 0.2) is 97.1 Å². The Kier molecular flexibility index (Phi) is 4.50. The quantitative estimate of drug-likeness (QED) is 0.457. The minimum atomic E-state index is 0.151. The van der Waals surface area contributed by atoms with Crippen LogP contribution in [0.2, 0.25) is 0 Å². The highest BCUT2D eigenvalue weighted by Crippen LogP contribution is 2.45. The Morgan fingerprint density at radius 2 is 1.04 bits per heavy atom. The highest BCUT2D eigenvalue weighted by molar-refractivity contribution is 5.91. The first-order valence-corrected chi connectivity index (χ1v) is 8.66. The molecule has 0 saturated carbocycles. The van der Waals surface area contributed by atoms with Gasteiger partial charge in [-0.25, -0.2) is 0 Å². The Labute approximate surface area is 157 Å². The molecule has 0 aliphatic carbocycles. The Morgan fingerprint density at radius 3 is 1.70 bits per heavy atom. The number of aromatic hydroxyl groups is 2. The predicted molar refractivity (Wildman–Crippen MR) is 107 cm³/mol. The second kappa shape index (κ2) is 7.26. The molecule has 0 atom stereocenters. The predicted octanol–water partition coefficient (Wildman–Crippen LogP) is 6.22. The molecule has 3 nitrogen and oxygen atoms in total. The third-order valence-corrected chi connectivity index (χ3v) is 4.36. The summed E-state index contributed by atoms with van der Waals surface area (Å²) >= 11 is 0. The van der Waals surface area contributed by atoms with Gasteiger partial charge in [-0.3, -0.25) is 0 Å². The van der Waals surface area contributed by atoms with Crippen molar-refractivity contribution in [3.05, 3.63) is 97.1 Å². The normalized spacial score (nSPS) is 10.5. The van der Waals surface area contributed by atoms with Crippen LogP contribution in [-0.2, 0) is 0 Å². The summed E-state index contributed by atoms with van der Waals surface area (Å²) in [7, 11) is 0. The molecular formula is C24H18O3. The van der Waals surface area contributed by atoms with Crippen molar-refractivity contribution in [2.45, 2.75) is 0 Å². The van der Waals surface area contributed by atoms with E-state index in [1.807, 2.05) is 72.8 Å². The van der Waals surface area contributed by atoms with E-state index in [1.54, 1.807) is 24.3 Å². The first-order valence-electron chi connectivity index (χ1n) is 8.66. The summed E-state index contributed by atoms with van der Waals surface area (Å²) in [4.78, 5) is 0. The molecule has 4 aromatic carbocycles. The van der Waals surface area contributed by atoms with Crippen molar-refractivity contribution in [1.82, 2.24) is 0 Å². The van der Waals surface area contributed by atoms with Gasteiger partial charge < -0.3 is 14.9 Å². The number of phenolic OH excluding ortho intramolecular Hbond substituents is 2. The molecule has 0 aromatic heterocycles. The average molecular weight is 354 g/mol. The van der Waals surface area contributed by atoms with Crippen LogP contribution in [0.1, 0.15) is 0 Å². The van der Waals surface area contributed by atoms with Crippen LogP contribution >= 0.6 is 0 Å². The zero-order chi connectivity index (χ0) is 18.6. The number of benzene rings is 4. The van der Waals surface area contributed by atoms with E-state index in [0.29, 0.717) is 22.6 Å². The van der Waals surface area contributed by atoms with Crippen LogP contribution in [0.25, 0.3) is 22.3 Å². The van der Waals surface area contributed by atoms with Crippen molar-refractivity contribution in [2.24, 2.45) is 0 Å². The second-order valence-electron chi connectivity index (χ2n) is 6.13. The minimum absolute atomic E-state index is 0.151. The molecule has 0 heterocycles. The third-order valence-electron chi connectivity index (χ3n) is 4.36. The summed E-state index contributed by atoms with van der Waals surface area (Å²) in [5.74, 6) is 1.62. The fourth-order valence-corrected chi connectivity index (χ4v) is 3.12. The lowest BCUT2D eigenvalue weighted by Crippen LogP contribution is -1.92. The number of para-hydroxylation sites is 3. The number of hydrogen-bond acceptors (Lipinski definition) is 3. The van der Waals surface area contributed by atoms with E-state index in [4.69, 9.17) is 4.74 Å². The van der Waals surface area contributed by atoms with E-state index < -0.39 is 0 Å². The van der Waals surface area contributed by atoms with Crippen molar-refractivity contribution in [1.29, 1.82) is 0 Å². The highest BCUT2D eigenvalue weighted by Gasteiger charge is 2.18. The smallest absolute Gasteiger partial charge is 0.136 e. The van der Waals surface area contributed by atoms with Crippen molar-refractivity contribution < 1.29 is 14.9 Å². The van der Waals surface area contributed by atoms with Crippen LogP contribution in [0.3, 0.4) is 0 Å². The summed E-state index contributed by atoms with van der Waals surface area (Å²) in [6, 6.07) is 29.4. The van der Waals surface area contributed by atoms with Crippen LogP contribution in [0.4, 0.5) is 0 Å². The van der Waals surface area contributed by atoms with Gasteiger partial charge in [0.25, 0.3) is 0 Å². The van der Waals surface area contributed by atoms with Gasteiger partial charge in [-0.05, 0) is 35.9 Å². The lowest BCUT2D eigenvalue weighted by Gasteiger charge is -2.17. The lowest BCUT2D eigenvalue weighted by atomic mass is 9.92. The molecule has 0 spiro atoms. The molecule has 2 N–H and O–H groups in total. The number of phenols is 2. The van der Waals surface area contributed by atoms with Crippen LogP contribution in [0, 0.1) is 0 Å². The van der Waals surface area contributed by atoms with Gasteiger partial charge in [-0.15, -0.1) is 0 Å². The molecule has 132 valence electrons. The van der Waals surface area contributed by atoms with Gasteiger partial charge in [0.15, 0.2) is 0 Å². The third kappa shape index (κ3) is 3.35. The molecule has 0 radical (unpaired) electrons. The zero-order valence-electron chi connectivity index (χ0n) is 14.5. The van der Waals surface area contributed by atoms with E-state index in [9.17, 15) is 10.2 Å². The van der Waals surface area contributed by atoms with E-state index in [1.165, 1.54) is 0 Å². The summed E-state index contributed by atoms with van der Waals surface area (Å²) in [6.45, 7) is 0. The Morgan fingerprint density at radius 1 is 0.481 bits per heavy atom. The average Bonchev–Trinajstić information content (AvgIpc) is 2.70. The summed E-state index contributed by atoms with van der Waals surface area (Å²) in [5.41, 5.74) is 2.82. The fourth-order valence-electron chi connectivity index (χ4n) is 3.12. The molecule has 0 amide bonds. The fraction of sp³-hybridized carbons (Fsp3) is 0. The molecule has 0 fully saturated rings. The molecule has 4 aromatic rings. The summed E-state index contributed by atoms with van der Waals surface area (Å²) < 4.78 is 6.13. The Hall–Kier alpha value is -3.72. The van der Waals surface area contributed by atoms with Gasteiger partial charge in [0, 0.05) is 16.7 Å². The van der Waals surface area contributed by atoms with Gasteiger partial charge in [0.2, 0.25) is 0 Å². The molecule has 0 aliphatic heterocycles. The Balaban J connectivity index is 1.96. The summed E-state index contributed by atoms with van der Waals surface area (Å²) in [5, 5.41) is 20.9.